The summed E-state index contributed by atoms with van der Waals surface area (Å²) < 4.78 is 10.6. The summed E-state index contributed by atoms with van der Waals surface area (Å²) in [6, 6.07) is 9.91. The lowest BCUT2D eigenvalue weighted by Gasteiger charge is -2.13. The Bertz CT molecular complexity index is 334. The first kappa shape index (κ1) is 10.2. The largest absolute Gasteiger partial charge is 0.460 e. The van der Waals surface area contributed by atoms with Crippen LogP contribution in [0.5, 0.6) is 0 Å². The SMILES string of the molecule is CC1OC(=O)C[C@@H]1OCc1ccccc1. The smallest absolute Gasteiger partial charge is 0.308 e. The Morgan fingerprint density at radius 1 is 1.40 bits per heavy atom. The van der Waals surface area contributed by atoms with Crippen LogP contribution in [0.2, 0.25) is 0 Å². The Morgan fingerprint density at radius 3 is 2.73 bits per heavy atom. The molecule has 0 spiro atoms. The molecule has 2 atom stereocenters. The van der Waals surface area contributed by atoms with Crippen LogP contribution in [-0.2, 0) is 20.9 Å². The first-order valence-electron chi connectivity index (χ1n) is 5.11. The number of hydrogen-bond donors (Lipinski definition) is 0. The van der Waals surface area contributed by atoms with E-state index in [1.807, 2.05) is 37.3 Å². The summed E-state index contributed by atoms with van der Waals surface area (Å²) in [6.07, 6.45) is 0.146. The van der Waals surface area contributed by atoms with Gasteiger partial charge in [0, 0.05) is 0 Å². The molecule has 1 aliphatic heterocycles. The van der Waals surface area contributed by atoms with Gasteiger partial charge in [0.2, 0.25) is 0 Å². The van der Waals surface area contributed by atoms with Crippen molar-refractivity contribution in [2.45, 2.75) is 32.2 Å². The zero-order valence-corrected chi connectivity index (χ0v) is 8.68. The lowest BCUT2D eigenvalue weighted by atomic mass is 10.2. The third kappa shape index (κ3) is 2.57. The van der Waals surface area contributed by atoms with Gasteiger partial charge in [-0.2, -0.15) is 0 Å². The second-order valence-corrected chi connectivity index (χ2v) is 3.73. The maximum Gasteiger partial charge on any atom is 0.308 e. The maximum absolute atomic E-state index is 11.0. The molecule has 1 unspecified atom stereocenters. The van der Waals surface area contributed by atoms with Crippen molar-refractivity contribution in [3.63, 3.8) is 0 Å². The number of carbonyl (C=O) groups is 1. The van der Waals surface area contributed by atoms with Crippen LogP contribution < -0.4 is 0 Å². The van der Waals surface area contributed by atoms with Crippen LogP contribution in [0, 0.1) is 0 Å². The second-order valence-electron chi connectivity index (χ2n) is 3.73. The molecule has 80 valence electrons. The quantitative estimate of drug-likeness (QED) is 0.709. The molecule has 3 nitrogen and oxygen atoms in total. The molecule has 1 aromatic carbocycles. The zero-order valence-electron chi connectivity index (χ0n) is 8.68. The van der Waals surface area contributed by atoms with Crippen molar-refractivity contribution in [2.75, 3.05) is 0 Å². The molecule has 0 aliphatic carbocycles. The van der Waals surface area contributed by atoms with E-state index in [9.17, 15) is 4.79 Å². The van der Waals surface area contributed by atoms with E-state index in [-0.39, 0.29) is 18.2 Å². The Kier molecular flexibility index (Phi) is 3.02. The Balaban J connectivity index is 1.86. The number of carbonyl (C=O) groups excluding carboxylic acids is 1. The molecule has 1 saturated heterocycles. The molecule has 0 N–H and O–H groups in total. The highest BCUT2D eigenvalue weighted by molar-refractivity contribution is 5.72. The summed E-state index contributed by atoms with van der Waals surface area (Å²) in [5.74, 6) is -0.166. The van der Waals surface area contributed by atoms with E-state index in [0.29, 0.717) is 13.0 Å². The normalized spacial score (nSPS) is 25.3. The van der Waals surface area contributed by atoms with Crippen molar-refractivity contribution in [1.29, 1.82) is 0 Å². The monoisotopic (exact) mass is 206 g/mol. The summed E-state index contributed by atoms with van der Waals surface area (Å²) in [5, 5.41) is 0. The summed E-state index contributed by atoms with van der Waals surface area (Å²) in [4.78, 5) is 11.0. The third-order valence-electron chi connectivity index (χ3n) is 2.52. The fourth-order valence-electron chi connectivity index (χ4n) is 1.63. The zero-order chi connectivity index (χ0) is 10.7. The van der Waals surface area contributed by atoms with Gasteiger partial charge in [0.15, 0.2) is 0 Å². The number of esters is 1. The van der Waals surface area contributed by atoms with Gasteiger partial charge in [-0.25, -0.2) is 0 Å². The molecular formula is C12H14O3. The number of benzene rings is 1. The average Bonchev–Trinajstić information content (AvgIpc) is 2.56. The maximum atomic E-state index is 11.0. The van der Waals surface area contributed by atoms with E-state index >= 15 is 0 Å². The van der Waals surface area contributed by atoms with Crippen LogP contribution >= 0.6 is 0 Å². The van der Waals surface area contributed by atoms with E-state index in [1.54, 1.807) is 0 Å². The van der Waals surface area contributed by atoms with Crippen molar-refractivity contribution < 1.29 is 14.3 Å². The first-order valence-corrected chi connectivity index (χ1v) is 5.11. The molecule has 1 fully saturated rings. The minimum absolute atomic E-state index is 0.0993. The van der Waals surface area contributed by atoms with E-state index in [0.717, 1.165) is 5.56 Å². The Hall–Kier alpha value is -1.35. The number of cyclic esters (lactones) is 1. The fraction of sp³-hybridized carbons (Fsp3) is 0.417. The van der Waals surface area contributed by atoms with Gasteiger partial charge in [-0.3, -0.25) is 4.79 Å². The third-order valence-corrected chi connectivity index (χ3v) is 2.52. The summed E-state index contributed by atoms with van der Waals surface area (Å²) in [7, 11) is 0. The van der Waals surface area contributed by atoms with Crippen LogP contribution in [0.15, 0.2) is 30.3 Å². The van der Waals surface area contributed by atoms with Crippen molar-refractivity contribution in [2.24, 2.45) is 0 Å². The average molecular weight is 206 g/mol. The molecule has 0 amide bonds. The van der Waals surface area contributed by atoms with Gasteiger partial charge in [0.25, 0.3) is 0 Å². The highest BCUT2D eigenvalue weighted by atomic mass is 16.6. The lowest BCUT2D eigenvalue weighted by Crippen LogP contribution is -2.20. The number of ether oxygens (including phenoxy) is 2. The molecule has 0 saturated carbocycles. The van der Waals surface area contributed by atoms with Gasteiger partial charge in [0.05, 0.1) is 13.0 Å². The minimum Gasteiger partial charge on any atom is -0.460 e. The molecule has 1 aliphatic rings. The van der Waals surface area contributed by atoms with Gasteiger partial charge in [-0.05, 0) is 12.5 Å². The molecule has 3 heteroatoms. The van der Waals surface area contributed by atoms with Crippen molar-refractivity contribution in [3.8, 4) is 0 Å². The number of hydrogen-bond acceptors (Lipinski definition) is 3. The van der Waals surface area contributed by atoms with E-state index in [4.69, 9.17) is 9.47 Å². The standard InChI is InChI=1S/C12H14O3/c1-9-11(7-12(13)15-9)14-8-10-5-3-2-4-6-10/h2-6,9,11H,7-8H2,1H3/t9?,11-/m0/s1. The summed E-state index contributed by atoms with van der Waals surface area (Å²) >= 11 is 0. The van der Waals surface area contributed by atoms with Crippen LogP contribution in [0.4, 0.5) is 0 Å². The van der Waals surface area contributed by atoms with Crippen molar-refractivity contribution >= 4 is 5.97 Å². The minimum atomic E-state index is -0.166. The van der Waals surface area contributed by atoms with Crippen LogP contribution in [-0.4, -0.2) is 18.2 Å². The van der Waals surface area contributed by atoms with E-state index in [1.165, 1.54) is 0 Å². The molecule has 0 radical (unpaired) electrons. The fourth-order valence-corrected chi connectivity index (χ4v) is 1.63. The molecule has 0 aromatic heterocycles. The second kappa shape index (κ2) is 4.45. The van der Waals surface area contributed by atoms with Crippen LogP contribution in [0.1, 0.15) is 18.9 Å². The predicted octanol–water partition coefficient (Wildman–Crippen LogP) is 1.91. The molecule has 0 bridgehead atoms. The summed E-state index contributed by atoms with van der Waals surface area (Å²) in [5.41, 5.74) is 1.11. The summed E-state index contributed by atoms with van der Waals surface area (Å²) in [6.45, 7) is 2.40. The molecule has 1 aromatic rings. The van der Waals surface area contributed by atoms with Gasteiger partial charge >= 0.3 is 5.97 Å². The predicted molar refractivity (Wildman–Crippen MR) is 55.2 cm³/mol. The molecule has 2 rings (SSSR count). The van der Waals surface area contributed by atoms with E-state index in [2.05, 4.69) is 0 Å². The molecule has 15 heavy (non-hydrogen) atoms. The van der Waals surface area contributed by atoms with Gasteiger partial charge in [-0.1, -0.05) is 30.3 Å². The van der Waals surface area contributed by atoms with Gasteiger partial charge in [0.1, 0.15) is 12.2 Å². The highest BCUT2D eigenvalue weighted by Gasteiger charge is 2.31. The topological polar surface area (TPSA) is 35.5 Å². The van der Waals surface area contributed by atoms with Gasteiger partial charge in [-0.15, -0.1) is 0 Å². The Morgan fingerprint density at radius 2 is 2.13 bits per heavy atom. The van der Waals surface area contributed by atoms with Crippen LogP contribution in [0.3, 0.4) is 0 Å². The molecular weight excluding hydrogens is 192 g/mol. The molecule has 1 heterocycles. The van der Waals surface area contributed by atoms with Crippen molar-refractivity contribution in [1.82, 2.24) is 0 Å². The Labute approximate surface area is 89.0 Å². The lowest BCUT2D eigenvalue weighted by molar-refractivity contribution is -0.141. The van der Waals surface area contributed by atoms with Gasteiger partial charge < -0.3 is 9.47 Å². The van der Waals surface area contributed by atoms with E-state index < -0.39 is 0 Å². The number of rotatable bonds is 3. The van der Waals surface area contributed by atoms with Crippen LogP contribution in [0.25, 0.3) is 0 Å². The van der Waals surface area contributed by atoms with Crippen molar-refractivity contribution in [3.05, 3.63) is 35.9 Å². The highest BCUT2D eigenvalue weighted by Crippen LogP contribution is 2.19. The first-order chi connectivity index (χ1) is 7.25.